The van der Waals surface area contributed by atoms with Crippen molar-refractivity contribution >= 4 is 6.03 Å². The average molecular weight is 281 g/mol. The number of hydrogen-bond acceptors (Lipinski definition) is 3. The van der Waals surface area contributed by atoms with Gasteiger partial charge in [-0.25, -0.2) is 4.79 Å². The maximum absolute atomic E-state index is 12.4. The van der Waals surface area contributed by atoms with E-state index < -0.39 is 0 Å². The molecule has 0 radical (unpaired) electrons. The number of piperidine rings is 1. The van der Waals surface area contributed by atoms with Crippen molar-refractivity contribution in [1.29, 1.82) is 0 Å². The molecule has 0 bridgehead atoms. The van der Waals surface area contributed by atoms with Crippen molar-refractivity contribution in [2.24, 2.45) is 0 Å². The molecule has 3 aliphatic rings. The molecule has 3 rings (SSSR count). The third-order valence-electron chi connectivity index (χ3n) is 4.85. The van der Waals surface area contributed by atoms with Crippen LogP contribution in [0, 0.1) is 0 Å². The van der Waals surface area contributed by atoms with Gasteiger partial charge in [0.1, 0.15) is 0 Å². The first-order chi connectivity index (χ1) is 9.84. The standard InChI is InChI=1S/C15H27N3O2/c19-15-17(9-1-3-14-4-2-12-20-14)10-11-18(15)13-5-7-16-8-6-13/h13-14,16H,1-12H2. The summed E-state index contributed by atoms with van der Waals surface area (Å²) in [5, 5.41) is 3.36. The predicted molar refractivity (Wildman–Crippen MR) is 77.8 cm³/mol. The van der Waals surface area contributed by atoms with Crippen LogP contribution >= 0.6 is 0 Å². The van der Waals surface area contributed by atoms with Gasteiger partial charge in [0.2, 0.25) is 0 Å². The van der Waals surface area contributed by atoms with Crippen LogP contribution in [0.5, 0.6) is 0 Å². The molecule has 3 fully saturated rings. The van der Waals surface area contributed by atoms with Gasteiger partial charge in [-0.15, -0.1) is 0 Å². The summed E-state index contributed by atoms with van der Waals surface area (Å²) >= 11 is 0. The number of carbonyl (C=O) groups excluding carboxylic acids is 1. The van der Waals surface area contributed by atoms with E-state index in [0.29, 0.717) is 12.1 Å². The van der Waals surface area contributed by atoms with Crippen molar-refractivity contribution in [3.63, 3.8) is 0 Å². The summed E-state index contributed by atoms with van der Waals surface area (Å²) in [7, 11) is 0. The zero-order valence-corrected chi connectivity index (χ0v) is 12.4. The third kappa shape index (κ3) is 3.26. The first-order valence-electron chi connectivity index (χ1n) is 8.22. The summed E-state index contributed by atoms with van der Waals surface area (Å²) in [5.41, 5.74) is 0. The highest BCUT2D eigenvalue weighted by molar-refractivity contribution is 5.76. The molecule has 20 heavy (non-hydrogen) atoms. The molecule has 3 aliphatic heterocycles. The number of nitrogens with one attached hydrogen (secondary N) is 1. The van der Waals surface area contributed by atoms with Crippen LogP contribution in [0.4, 0.5) is 4.79 Å². The van der Waals surface area contributed by atoms with Crippen molar-refractivity contribution in [3.05, 3.63) is 0 Å². The van der Waals surface area contributed by atoms with Gasteiger partial charge in [0.25, 0.3) is 0 Å². The molecule has 0 aliphatic carbocycles. The number of rotatable bonds is 5. The van der Waals surface area contributed by atoms with Crippen LogP contribution in [-0.2, 0) is 4.74 Å². The van der Waals surface area contributed by atoms with Crippen LogP contribution in [0.3, 0.4) is 0 Å². The molecule has 3 heterocycles. The minimum absolute atomic E-state index is 0.268. The van der Waals surface area contributed by atoms with Gasteiger partial charge in [0, 0.05) is 32.3 Å². The molecule has 2 amide bonds. The summed E-state index contributed by atoms with van der Waals surface area (Å²) < 4.78 is 5.64. The largest absolute Gasteiger partial charge is 0.378 e. The molecule has 0 aromatic carbocycles. The zero-order chi connectivity index (χ0) is 13.8. The highest BCUT2D eigenvalue weighted by Gasteiger charge is 2.33. The van der Waals surface area contributed by atoms with Crippen LogP contribution in [0.15, 0.2) is 0 Å². The smallest absolute Gasteiger partial charge is 0.320 e. The van der Waals surface area contributed by atoms with Gasteiger partial charge in [-0.3, -0.25) is 0 Å². The molecule has 0 aromatic rings. The predicted octanol–water partition coefficient (Wildman–Crippen LogP) is 1.44. The molecular weight excluding hydrogens is 254 g/mol. The average Bonchev–Trinajstić information content (AvgIpc) is 3.11. The summed E-state index contributed by atoms with van der Waals surface area (Å²) in [6.45, 7) is 5.76. The van der Waals surface area contributed by atoms with Crippen LogP contribution in [0.25, 0.3) is 0 Å². The second-order valence-electron chi connectivity index (χ2n) is 6.22. The number of nitrogens with zero attached hydrogens (tertiary/aromatic N) is 2. The number of carbonyl (C=O) groups is 1. The lowest BCUT2D eigenvalue weighted by Crippen LogP contribution is -2.45. The Kier molecular flexibility index (Phi) is 4.78. The van der Waals surface area contributed by atoms with E-state index in [1.165, 1.54) is 12.8 Å². The molecule has 1 N–H and O–H groups in total. The van der Waals surface area contributed by atoms with E-state index in [1.54, 1.807) is 0 Å². The van der Waals surface area contributed by atoms with Crippen molar-refractivity contribution in [2.75, 3.05) is 39.3 Å². The number of ether oxygens (including phenoxy) is 1. The van der Waals surface area contributed by atoms with Gasteiger partial charge in [-0.1, -0.05) is 0 Å². The third-order valence-corrected chi connectivity index (χ3v) is 4.85. The van der Waals surface area contributed by atoms with Crippen molar-refractivity contribution in [2.45, 2.75) is 50.7 Å². The van der Waals surface area contributed by atoms with Crippen LogP contribution in [-0.4, -0.2) is 67.3 Å². The van der Waals surface area contributed by atoms with E-state index >= 15 is 0 Å². The number of hydrogen-bond donors (Lipinski definition) is 1. The highest BCUT2D eigenvalue weighted by Crippen LogP contribution is 2.21. The number of amides is 2. The Morgan fingerprint density at radius 1 is 1.20 bits per heavy atom. The minimum atomic E-state index is 0.268. The molecule has 5 heteroatoms. The normalized spacial score (nSPS) is 28.6. The Morgan fingerprint density at radius 3 is 2.80 bits per heavy atom. The summed E-state index contributed by atoms with van der Waals surface area (Å²) in [5.74, 6) is 0. The topological polar surface area (TPSA) is 44.8 Å². The molecule has 0 spiro atoms. The fourth-order valence-electron chi connectivity index (χ4n) is 3.65. The molecule has 114 valence electrons. The second kappa shape index (κ2) is 6.76. The van der Waals surface area contributed by atoms with Crippen molar-refractivity contribution < 1.29 is 9.53 Å². The van der Waals surface area contributed by atoms with Gasteiger partial charge in [0.15, 0.2) is 0 Å². The van der Waals surface area contributed by atoms with Crippen LogP contribution in [0.2, 0.25) is 0 Å². The van der Waals surface area contributed by atoms with Gasteiger partial charge >= 0.3 is 6.03 Å². The maximum Gasteiger partial charge on any atom is 0.320 e. The zero-order valence-electron chi connectivity index (χ0n) is 12.4. The fraction of sp³-hybridized carbons (Fsp3) is 0.933. The molecule has 1 atom stereocenters. The molecular formula is C15H27N3O2. The second-order valence-corrected chi connectivity index (χ2v) is 6.22. The lowest BCUT2D eigenvalue weighted by Gasteiger charge is -2.31. The summed E-state index contributed by atoms with van der Waals surface area (Å²) in [4.78, 5) is 16.6. The van der Waals surface area contributed by atoms with Gasteiger partial charge in [0.05, 0.1) is 6.10 Å². The van der Waals surface area contributed by atoms with Gasteiger partial charge in [-0.2, -0.15) is 0 Å². The summed E-state index contributed by atoms with van der Waals surface area (Å²) in [6.07, 6.45) is 7.26. The molecule has 1 unspecified atom stereocenters. The monoisotopic (exact) mass is 281 g/mol. The Bertz CT molecular complexity index is 325. The minimum Gasteiger partial charge on any atom is -0.378 e. The van der Waals surface area contributed by atoms with Crippen LogP contribution < -0.4 is 5.32 Å². The quantitative estimate of drug-likeness (QED) is 0.829. The Labute approximate surface area is 121 Å². The van der Waals surface area contributed by atoms with Gasteiger partial charge < -0.3 is 19.9 Å². The van der Waals surface area contributed by atoms with Crippen molar-refractivity contribution in [1.82, 2.24) is 15.1 Å². The maximum atomic E-state index is 12.4. The van der Waals surface area contributed by atoms with E-state index in [0.717, 1.165) is 65.0 Å². The van der Waals surface area contributed by atoms with E-state index in [1.807, 2.05) is 4.90 Å². The van der Waals surface area contributed by atoms with E-state index in [2.05, 4.69) is 10.2 Å². The SMILES string of the molecule is O=C1N(CCCC2CCCO2)CCN1C1CCNCC1. The Hall–Kier alpha value is -0.810. The van der Waals surface area contributed by atoms with Crippen LogP contribution in [0.1, 0.15) is 38.5 Å². The van der Waals surface area contributed by atoms with E-state index in [4.69, 9.17) is 4.74 Å². The lowest BCUT2D eigenvalue weighted by atomic mass is 10.1. The first kappa shape index (κ1) is 14.1. The van der Waals surface area contributed by atoms with E-state index in [9.17, 15) is 4.79 Å². The molecule has 0 aromatic heterocycles. The lowest BCUT2D eigenvalue weighted by molar-refractivity contribution is 0.0998. The Morgan fingerprint density at radius 2 is 2.05 bits per heavy atom. The molecule has 0 saturated carbocycles. The fourth-order valence-corrected chi connectivity index (χ4v) is 3.65. The first-order valence-corrected chi connectivity index (χ1v) is 8.22. The van der Waals surface area contributed by atoms with E-state index in [-0.39, 0.29) is 6.03 Å². The number of urea groups is 1. The Balaban J connectivity index is 1.40. The molecule has 5 nitrogen and oxygen atoms in total. The van der Waals surface area contributed by atoms with Crippen molar-refractivity contribution in [3.8, 4) is 0 Å². The molecule has 3 saturated heterocycles. The highest BCUT2D eigenvalue weighted by atomic mass is 16.5. The summed E-state index contributed by atoms with van der Waals surface area (Å²) in [6, 6.07) is 0.733. The van der Waals surface area contributed by atoms with Gasteiger partial charge in [-0.05, 0) is 51.6 Å².